The number of ether oxygens (including phenoxy) is 1. The van der Waals surface area contributed by atoms with Gasteiger partial charge in [-0.3, -0.25) is 4.79 Å². The van der Waals surface area contributed by atoms with Crippen LogP contribution in [0, 0.1) is 5.92 Å². The van der Waals surface area contributed by atoms with E-state index in [4.69, 9.17) is 4.74 Å². The minimum absolute atomic E-state index is 0.00327. The smallest absolute Gasteiger partial charge is 0.246 e. The normalized spacial score (nSPS) is 12.5. The average molecular weight is 280 g/mol. The Balaban J connectivity index is 3.50. The van der Waals surface area contributed by atoms with Gasteiger partial charge in [-0.1, -0.05) is 36.2 Å². The molecule has 0 heterocycles. The summed E-state index contributed by atoms with van der Waals surface area (Å²) < 4.78 is 5.15. The zero-order valence-electron chi connectivity index (χ0n) is 9.72. The monoisotopic (exact) mass is 279 g/mol. The molecule has 0 aromatic heterocycles. The molecule has 0 radical (unpaired) electrons. The van der Waals surface area contributed by atoms with Crippen LogP contribution < -0.4 is 5.32 Å². The first-order valence-electron chi connectivity index (χ1n) is 5.64. The molecule has 0 aromatic carbocycles. The Kier molecular flexibility index (Phi) is 10.4. The number of carbonyl (C=O) groups is 1. The third-order valence-electron chi connectivity index (χ3n) is 2.26. The van der Waals surface area contributed by atoms with Gasteiger partial charge >= 0.3 is 0 Å². The topological polar surface area (TPSA) is 38.3 Å². The molecule has 0 rings (SSSR count). The summed E-state index contributed by atoms with van der Waals surface area (Å²) in [4.78, 5) is 11.3. The summed E-state index contributed by atoms with van der Waals surface area (Å²) in [6.45, 7) is 5.79. The fraction of sp³-hybridized carbons (Fsp3) is 0.909. The van der Waals surface area contributed by atoms with Crippen LogP contribution in [0.4, 0.5) is 0 Å². The molecule has 0 saturated heterocycles. The van der Waals surface area contributed by atoms with Gasteiger partial charge in [0.05, 0.1) is 0 Å². The van der Waals surface area contributed by atoms with Gasteiger partial charge in [-0.15, -0.1) is 0 Å². The van der Waals surface area contributed by atoms with E-state index in [0.29, 0.717) is 12.5 Å². The predicted octanol–water partition coefficient (Wildman–Crippen LogP) is 2.34. The second kappa shape index (κ2) is 10.4. The van der Waals surface area contributed by atoms with Crippen LogP contribution >= 0.6 is 15.9 Å². The van der Waals surface area contributed by atoms with E-state index in [9.17, 15) is 4.79 Å². The first kappa shape index (κ1) is 14.9. The first-order chi connectivity index (χ1) is 7.24. The quantitative estimate of drug-likeness (QED) is 0.520. The molecule has 0 fully saturated rings. The maximum atomic E-state index is 11.3. The van der Waals surface area contributed by atoms with E-state index >= 15 is 0 Å². The van der Waals surface area contributed by atoms with Gasteiger partial charge in [0.15, 0.2) is 0 Å². The molecule has 1 atom stereocenters. The number of alkyl halides is 1. The van der Waals surface area contributed by atoms with Gasteiger partial charge < -0.3 is 10.1 Å². The Hall–Kier alpha value is -0.0900. The number of carbonyl (C=O) groups excluding carboxylic acids is 1. The van der Waals surface area contributed by atoms with E-state index in [2.05, 4.69) is 28.2 Å². The summed E-state index contributed by atoms with van der Waals surface area (Å²) in [5, 5.41) is 3.89. The lowest BCUT2D eigenvalue weighted by molar-refractivity contribution is -0.125. The number of halogens is 1. The Bertz CT molecular complexity index is 165. The van der Waals surface area contributed by atoms with Crippen LogP contribution in [0.15, 0.2) is 0 Å². The molecular formula is C11H22BrNO2. The van der Waals surface area contributed by atoms with Gasteiger partial charge in [-0.2, -0.15) is 0 Å². The van der Waals surface area contributed by atoms with E-state index in [1.165, 1.54) is 0 Å². The van der Waals surface area contributed by atoms with Gasteiger partial charge in [0, 0.05) is 18.5 Å². The van der Waals surface area contributed by atoms with Crippen LogP contribution in [0.1, 0.15) is 33.1 Å². The number of amides is 1. The molecule has 0 aromatic rings. The van der Waals surface area contributed by atoms with E-state index in [1.807, 2.05) is 6.92 Å². The summed E-state index contributed by atoms with van der Waals surface area (Å²) in [5.41, 5.74) is 0. The van der Waals surface area contributed by atoms with Crippen LogP contribution in [-0.4, -0.2) is 31.0 Å². The fourth-order valence-electron chi connectivity index (χ4n) is 1.22. The summed E-state index contributed by atoms with van der Waals surface area (Å²) in [6, 6.07) is 0. The largest absolute Gasteiger partial charge is 0.372 e. The highest BCUT2D eigenvalue weighted by molar-refractivity contribution is 9.09. The van der Waals surface area contributed by atoms with Crippen molar-refractivity contribution in [3.05, 3.63) is 0 Å². The molecule has 1 unspecified atom stereocenters. The molecule has 0 spiro atoms. The lowest BCUT2D eigenvalue weighted by Gasteiger charge is -2.14. The zero-order valence-corrected chi connectivity index (χ0v) is 11.3. The minimum Gasteiger partial charge on any atom is -0.372 e. The van der Waals surface area contributed by atoms with Crippen molar-refractivity contribution in [2.45, 2.75) is 33.1 Å². The molecular weight excluding hydrogens is 258 g/mol. The number of nitrogens with one attached hydrogen (secondary N) is 1. The van der Waals surface area contributed by atoms with Crippen molar-refractivity contribution in [3.63, 3.8) is 0 Å². The molecule has 90 valence electrons. The van der Waals surface area contributed by atoms with Gasteiger partial charge in [-0.25, -0.2) is 0 Å². The maximum Gasteiger partial charge on any atom is 0.246 e. The van der Waals surface area contributed by atoms with Crippen molar-refractivity contribution in [1.82, 2.24) is 5.32 Å². The highest BCUT2D eigenvalue weighted by Crippen LogP contribution is 2.08. The highest BCUT2D eigenvalue weighted by atomic mass is 79.9. The van der Waals surface area contributed by atoms with Crippen molar-refractivity contribution in [2.75, 3.05) is 25.1 Å². The average Bonchev–Trinajstić information content (AvgIpc) is 2.24. The van der Waals surface area contributed by atoms with Crippen molar-refractivity contribution in [1.29, 1.82) is 0 Å². The van der Waals surface area contributed by atoms with Gasteiger partial charge in [-0.05, 0) is 18.8 Å². The molecule has 15 heavy (non-hydrogen) atoms. The van der Waals surface area contributed by atoms with Gasteiger partial charge in [0.1, 0.15) is 6.61 Å². The van der Waals surface area contributed by atoms with Crippen molar-refractivity contribution >= 4 is 21.8 Å². The second-order valence-corrected chi connectivity index (χ2v) is 4.40. The van der Waals surface area contributed by atoms with Crippen molar-refractivity contribution in [3.8, 4) is 0 Å². The molecule has 0 aliphatic heterocycles. The minimum atomic E-state index is -0.00327. The fourth-order valence-corrected chi connectivity index (χ4v) is 1.87. The van der Waals surface area contributed by atoms with E-state index in [0.717, 1.165) is 31.1 Å². The molecule has 0 saturated carbocycles. The second-order valence-electron chi connectivity index (χ2n) is 3.61. The molecule has 3 nitrogen and oxygen atoms in total. The SMILES string of the molecule is CCCOCC(=O)NCC(CC)CCBr. The summed E-state index contributed by atoms with van der Waals surface area (Å²) in [6.07, 6.45) is 3.16. The summed E-state index contributed by atoms with van der Waals surface area (Å²) in [7, 11) is 0. The maximum absolute atomic E-state index is 11.3. The van der Waals surface area contributed by atoms with Gasteiger partial charge in [0.2, 0.25) is 5.91 Å². The molecule has 1 N–H and O–H groups in total. The van der Waals surface area contributed by atoms with Crippen molar-refractivity contribution in [2.24, 2.45) is 5.92 Å². The zero-order chi connectivity index (χ0) is 11.5. The molecule has 4 heteroatoms. The lowest BCUT2D eigenvalue weighted by atomic mass is 10.0. The van der Waals surface area contributed by atoms with Crippen LogP contribution in [0.3, 0.4) is 0 Å². The third-order valence-corrected chi connectivity index (χ3v) is 2.72. The van der Waals surface area contributed by atoms with Crippen LogP contribution in [0.2, 0.25) is 0 Å². The molecule has 0 bridgehead atoms. The highest BCUT2D eigenvalue weighted by Gasteiger charge is 2.07. The van der Waals surface area contributed by atoms with Crippen LogP contribution in [0.5, 0.6) is 0 Å². The summed E-state index contributed by atoms with van der Waals surface area (Å²) >= 11 is 3.41. The third kappa shape index (κ3) is 8.88. The van der Waals surface area contributed by atoms with Crippen LogP contribution in [-0.2, 0) is 9.53 Å². The van der Waals surface area contributed by atoms with E-state index in [1.54, 1.807) is 0 Å². The number of hydrogen-bond acceptors (Lipinski definition) is 2. The first-order valence-corrected chi connectivity index (χ1v) is 6.77. The number of rotatable bonds is 9. The van der Waals surface area contributed by atoms with E-state index < -0.39 is 0 Å². The Morgan fingerprint density at radius 1 is 1.47 bits per heavy atom. The van der Waals surface area contributed by atoms with Crippen LogP contribution in [0.25, 0.3) is 0 Å². The molecule has 0 aliphatic carbocycles. The van der Waals surface area contributed by atoms with E-state index in [-0.39, 0.29) is 12.5 Å². The lowest BCUT2D eigenvalue weighted by Crippen LogP contribution is -2.32. The molecule has 1 amide bonds. The Morgan fingerprint density at radius 2 is 2.20 bits per heavy atom. The standard InChI is InChI=1S/C11H22BrNO2/c1-3-7-15-9-11(14)13-8-10(4-2)5-6-12/h10H,3-9H2,1-2H3,(H,13,14). The Morgan fingerprint density at radius 3 is 2.73 bits per heavy atom. The molecule has 0 aliphatic rings. The summed E-state index contributed by atoms with van der Waals surface area (Å²) in [5.74, 6) is 0.566. The Labute approximate surface area is 101 Å². The predicted molar refractivity (Wildman–Crippen MR) is 66.3 cm³/mol. The number of hydrogen-bond donors (Lipinski definition) is 1. The van der Waals surface area contributed by atoms with Gasteiger partial charge in [0.25, 0.3) is 0 Å². The van der Waals surface area contributed by atoms with Crippen molar-refractivity contribution < 1.29 is 9.53 Å².